The number of benzene rings is 1. The van der Waals surface area contributed by atoms with E-state index in [1.807, 2.05) is 22.8 Å². The molecule has 0 saturated carbocycles. The fraction of sp³-hybridized carbons (Fsp3) is 0.524. The molecule has 0 bridgehead atoms. The Morgan fingerprint density at radius 3 is 2.29 bits per heavy atom. The second kappa shape index (κ2) is 9.58. The van der Waals surface area contributed by atoms with Gasteiger partial charge in [-0.1, -0.05) is 70.2 Å². The zero-order valence-electron chi connectivity index (χ0n) is 17.8. The topological polar surface area (TPSA) is 39.2 Å². The highest BCUT2D eigenvalue weighted by Crippen LogP contribution is 2.36. The molecular formula is C21H32N2O2S2Si. The first-order valence-corrected chi connectivity index (χ1v) is 13.4. The monoisotopic (exact) mass is 436 g/mol. The van der Waals surface area contributed by atoms with Gasteiger partial charge in [0, 0.05) is 5.56 Å². The van der Waals surface area contributed by atoms with Crippen LogP contribution in [-0.4, -0.2) is 31.1 Å². The molecule has 1 aromatic heterocycles. The van der Waals surface area contributed by atoms with E-state index in [0.717, 1.165) is 23.2 Å². The molecule has 0 aliphatic heterocycles. The van der Waals surface area contributed by atoms with Crippen LogP contribution >= 0.6 is 24.4 Å². The predicted octanol–water partition coefficient (Wildman–Crippen LogP) is 6.50. The van der Waals surface area contributed by atoms with Crippen LogP contribution in [0.15, 0.2) is 30.3 Å². The van der Waals surface area contributed by atoms with Gasteiger partial charge in [0.2, 0.25) is 0 Å². The predicted molar refractivity (Wildman–Crippen MR) is 124 cm³/mol. The second-order valence-corrected chi connectivity index (χ2v) is 14.0. The average molecular weight is 437 g/mol. The molecule has 1 heterocycles. The van der Waals surface area contributed by atoms with Gasteiger partial charge in [0.05, 0.1) is 18.9 Å². The summed E-state index contributed by atoms with van der Waals surface area (Å²) in [5, 5.41) is 0.195. The van der Waals surface area contributed by atoms with Crippen LogP contribution in [0, 0.1) is 9.41 Å². The maximum absolute atomic E-state index is 6.20. The maximum atomic E-state index is 6.20. The van der Waals surface area contributed by atoms with Gasteiger partial charge in [-0.25, -0.2) is 0 Å². The number of hydrogen-bond acceptors (Lipinski definition) is 4. The summed E-state index contributed by atoms with van der Waals surface area (Å²) >= 11 is 11.1. The fourth-order valence-electron chi connectivity index (χ4n) is 2.72. The van der Waals surface area contributed by atoms with Crippen molar-refractivity contribution in [3.8, 4) is 11.3 Å². The summed E-state index contributed by atoms with van der Waals surface area (Å²) in [4.78, 5) is 3.14. The summed E-state index contributed by atoms with van der Waals surface area (Å²) in [6, 6.07) is 10.2. The Balaban J connectivity index is 2.18. The van der Waals surface area contributed by atoms with E-state index >= 15 is 0 Å². The van der Waals surface area contributed by atoms with Gasteiger partial charge in [0.15, 0.2) is 13.1 Å². The molecule has 2 aromatic rings. The smallest absolute Gasteiger partial charge is 0.192 e. The van der Waals surface area contributed by atoms with Crippen LogP contribution in [0.3, 0.4) is 0 Å². The average Bonchev–Trinajstić information content (AvgIpc) is 2.62. The fourth-order valence-corrected chi connectivity index (χ4v) is 4.39. The lowest BCUT2D eigenvalue weighted by Gasteiger charge is -2.36. The van der Waals surface area contributed by atoms with Crippen molar-refractivity contribution in [3.05, 3.63) is 45.3 Å². The van der Waals surface area contributed by atoms with Crippen LogP contribution in [0.4, 0.5) is 0 Å². The Morgan fingerprint density at radius 1 is 1.07 bits per heavy atom. The summed E-state index contributed by atoms with van der Waals surface area (Å²) in [7, 11) is -1.76. The van der Waals surface area contributed by atoms with Crippen molar-refractivity contribution in [2.24, 2.45) is 0 Å². The number of H-pyrrole nitrogens is 1. The zero-order chi connectivity index (χ0) is 20.9. The third kappa shape index (κ3) is 5.48. The Labute approximate surface area is 180 Å². The first-order valence-electron chi connectivity index (χ1n) is 9.71. The third-order valence-corrected chi connectivity index (χ3v) is 10.6. The standard InChI is InChI=1S/C21H32N2O2S2Si/c1-7-17-18(16-11-9-8-10-12-16)23(20(27)22-19(17)26)15-24-13-14-25-28(5,6)21(2,3)4/h8-12H,7,13-15H2,1-6H3,(H,22,26,27). The molecule has 7 heteroatoms. The summed E-state index contributed by atoms with van der Waals surface area (Å²) in [5.74, 6) is 0. The van der Waals surface area contributed by atoms with E-state index in [-0.39, 0.29) is 5.04 Å². The van der Waals surface area contributed by atoms with Crippen LogP contribution < -0.4 is 0 Å². The summed E-state index contributed by atoms with van der Waals surface area (Å²) in [6.07, 6.45) is 0.823. The first kappa shape index (κ1) is 23.2. The van der Waals surface area contributed by atoms with Crippen molar-refractivity contribution in [3.63, 3.8) is 0 Å². The minimum absolute atomic E-state index is 0.195. The largest absolute Gasteiger partial charge is 0.414 e. The molecule has 0 atom stereocenters. The molecule has 28 heavy (non-hydrogen) atoms. The van der Waals surface area contributed by atoms with Crippen molar-refractivity contribution in [1.82, 2.24) is 9.55 Å². The SMILES string of the molecule is CCc1c(-c2ccccc2)n(COCCO[Si](C)(C)C(C)(C)C)c(=S)[nH]c1=S. The highest BCUT2D eigenvalue weighted by molar-refractivity contribution is 7.72. The minimum Gasteiger partial charge on any atom is -0.414 e. The van der Waals surface area contributed by atoms with E-state index in [9.17, 15) is 0 Å². The van der Waals surface area contributed by atoms with E-state index in [1.165, 1.54) is 0 Å². The number of nitrogens with zero attached hydrogens (tertiary/aromatic N) is 1. The van der Waals surface area contributed by atoms with Crippen LogP contribution in [-0.2, 0) is 22.3 Å². The number of rotatable bonds is 8. The second-order valence-electron chi connectivity index (χ2n) is 8.38. The molecule has 0 amide bonds. The molecular weight excluding hydrogens is 404 g/mol. The van der Waals surface area contributed by atoms with Crippen molar-refractivity contribution in [1.29, 1.82) is 0 Å². The van der Waals surface area contributed by atoms with Gasteiger partial charge < -0.3 is 14.1 Å². The van der Waals surface area contributed by atoms with Crippen LogP contribution in [0.5, 0.6) is 0 Å². The van der Waals surface area contributed by atoms with Crippen molar-refractivity contribution in [2.75, 3.05) is 13.2 Å². The number of nitrogens with one attached hydrogen (secondary N) is 1. The minimum atomic E-state index is -1.76. The van der Waals surface area contributed by atoms with Crippen LogP contribution in [0.25, 0.3) is 11.3 Å². The number of ether oxygens (including phenoxy) is 1. The van der Waals surface area contributed by atoms with Gasteiger partial charge >= 0.3 is 0 Å². The summed E-state index contributed by atoms with van der Waals surface area (Å²) < 4.78 is 15.4. The van der Waals surface area contributed by atoms with E-state index in [2.05, 4.69) is 57.9 Å². The Kier molecular flexibility index (Phi) is 7.93. The Hall–Kier alpha value is -1.12. The van der Waals surface area contributed by atoms with Gasteiger partial charge in [-0.15, -0.1) is 0 Å². The van der Waals surface area contributed by atoms with E-state index in [1.54, 1.807) is 0 Å². The molecule has 154 valence electrons. The molecule has 1 aromatic carbocycles. The molecule has 1 N–H and O–H groups in total. The maximum Gasteiger partial charge on any atom is 0.192 e. The molecule has 0 aliphatic carbocycles. The molecule has 0 fully saturated rings. The highest BCUT2D eigenvalue weighted by Gasteiger charge is 2.36. The van der Waals surface area contributed by atoms with Crippen molar-refractivity contribution in [2.45, 2.75) is 59.0 Å². The van der Waals surface area contributed by atoms with Gasteiger partial charge in [-0.3, -0.25) is 4.57 Å². The van der Waals surface area contributed by atoms with E-state index < -0.39 is 8.32 Å². The van der Waals surface area contributed by atoms with Gasteiger partial charge in [-0.2, -0.15) is 0 Å². The molecule has 0 aliphatic rings. The lowest BCUT2D eigenvalue weighted by molar-refractivity contribution is 0.0500. The van der Waals surface area contributed by atoms with Gasteiger partial charge in [-0.05, 0) is 42.3 Å². The van der Waals surface area contributed by atoms with Crippen molar-refractivity contribution >= 4 is 32.8 Å². The summed E-state index contributed by atoms with van der Waals surface area (Å²) in [5.41, 5.74) is 3.20. The molecule has 0 spiro atoms. The molecule has 0 saturated heterocycles. The first-order chi connectivity index (χ1) is 13.1. The molecule has 0 unspecified atom stereocenters. The number of hydrogen-bond donors (Lipinski definition) is 1. The Morgan fingerprint density at radius 2 is 1.71 bits per heavy atom. The van der Waals surface area contributed by atoms with Crippen LogP contribution in [0.2, 0.25) is 18.1 Å². The normalized spacial score (nSPS) is 12.4. The van der Waals surface area contributed by atoms with E-state index in [4.69, 9.17) is 33.6 Å². The van der Waals surface area contributed by atoms with Gasteiger partial charge in [0.25, 0.3) is 0 Å². The molecule has 0 radical (unpaired) electrons. The Bertz CT molecular complexity index is 899. The zero-order valence-corrected chi connectivity index (χ0v) is 20.4. The molecule has 2 rings (SSSR count). The third-order valence-electron chi connectivity index (χ3n) is 5.41. The quantitative estimate of drug-likeness (QED) is 0.291. The highest BCUT2D eigenvalue weighted by atomic mass is 32.1. The molecule has 4 nitrogen and oxygen atoms in total. The van der Waals surface area contributed by atoms with Gasteiger partial charge in [0.1, 0.15) is 11.4 Å². The lowest BCUT2D eigenvalue weighted by atomic mass is 10.1. The van der Waals surface area contributed by atoms with Crippen LogP contribution in [0.1, 0.15) is 33.3 Å². The van der Waals surface area contributed by atoms with Crippen molar-refractivity contribution < 1.29 is 9.16 Å². The number of aromatic nitrogens is 2. The van der Waals surface area contributed by atoms with E-state index in [0.29, 0.717) is 29.4 Å². The lowest BCUT2D eigenvalue weighted by Crippen LogP contribution is -2.41. The summed E-state index contributed by atoms with van der Waals surface area (Å²) in [6.45, 7) is 14.8. The number of aromatic amines is 1.